The summed E-state index contributed by atoms with van der Waals surface area (Å²) in [7, 11) is 0. The first-order valence-corrected chi connectivity index (χ1v) is 8.96. The van der Waals surface area contributed by atoms with Crippen LogP contribution in [0.1, 0.15) is 24.0 Å². The number of hydrogen-bond donors (Lipinski definition) is 6. The van der Waals surface area contributed by atoms with Crippen molar-refractivity contribution in [1.82, 2.24) is 0 Å². The molecule has 0 fully saturated rings. The molecule has 0 aliphatic carbocycles. The van der Waals surface area contributed by atoms with E-state index < -0.39 is 5.97 Å². The molecule has 2 aromatic carbocycles. The maximum Gasteiger partial charge on any atom is 0.323 e. The van der Waals surface area contributed by atoms with E-state index in [0.717, 1.165) is 36.2 Å². The summed E-state index contributed by atoms with van der Waals surface area (Å²) >= 11 is 0. The number of carbonyl (C=O) groups is 1. The Bertz CT molecular complexity index is 835. The van der Waals surface area contributed by atoms with Crippen molar-refractivity contribution in [1.29, 1.82) is 10.8 Å². The van der Waals surface area contributed by atoms with Crippen molar-refractivity contribution in [3.05, 3.63) is 59.7 Å². The average Bonchev–Trinajstić information content (AvgIpc) is 2.65. The van der Waals surface area contributed by atoms with Gasteiger partial charge >= 0.3 is 5.97 Å². The highest BCUT2D eigenvalue weighted by atomic mass is 16.4. The third-order valence-corrected chi connectivity index (χ3v) is 4.22. The fourth-order valence-corrected chi connectivity index (χ4v) is 2.87. The zero-order valence-electron chi connectivity index (χ0n) is 15.6. The van der Waals surface area contributed by atoms with Crippen LogP contribution >= 0.6 is 0 Å². The van der Waals surface area contributed by atoms with Crippen LogP contribution in [0.25, 0.3) is 0 Å². The van der Waals surface area contributed by atoms with E-state index in [0.29, 0.717) is 12.1 Å². The van der Waals surface area contributed by atoms with Crippen molar-refractivity contribution < 1.29 is 9.90 Å². The lowest BCUT2D eigenvalue weighted by Crippen LogP contribution is -2.31. The lowest BCUT2D eigenvalue weighted by Gasteiger charge is -2.23. The minimum absolute atomic E-state index is 0.0418. The number of nitrogen functional groups attached to an aromatic ring is 1. The number of aryl methyl sites for hydroxylation is 1. The highest BCUT2D eigenvalue weighted by Gasteiger charge is 2.11. The quantitative estimate of drug-likeness (QED) is 0.210. The van der Waals surface area contributed by atoms with E-state index in [2.05, 4.69) is 5.32 Å². The number of aliphatic carboxylic acids is 1. The van der Waals surface area contributed by atoms with Crippen molar-refractivity contribution in [3.8, 4) is 0 Å². The van der Waals surface area contributed by atoms with Crippen molar-refractivity contribution >= 4 is 29.1 Å². The molecule has 8 heteroatoms. The van der Waals surface area contributed by atoms with Crippen LogP contribution in [0.5, 0.6) is 0 Å². The normalized spacial score (nSPS) is 10.3. The Balaban J connectivity index is 1.91. The van der Waals surface area contributed by atoms with Gasteiger partial charge in [-0.15, -0.1) is 0 Å². The van der Waals surface area contributed by atoms with E-state index in [1.807, 2.05) is 30.3 Å². The maximum absolute atomic E-state index is 11.2. The van der Waals surface area contributed by atoms with Gasteiger partial charge in [-0.2, -0.15) is 0 Å². The van der Waals surface area contributed by atoms with Gasteiger partial charge < -0.3 is 26.8 Å². The van der Waals surface area contributed by atoms with Gasteiger partial charge in [0, 0.05) is 23.5 Å². The Morgan fingerprint density at radius 3 is 2.39 bits per heavy atom. The molecule has 28 heavy (non-hydrogen) atoms. The molecule has 0 aliphatic heterocycles. The number of carboxylic acids is 1. The topological polar surface area (TPSA) is 152 Å². The molecule has 0 unspecified atom stereocenters. The van der Waals surface area contributed by atoms with E-state index in [-0.39, 0.29) is 18.3 Å². The summed E-state index contributed by atoms with van der Waals surface area (Å²) in [5.41, 5.74) is 14.1. The third-order valence-electron chi connectivity index (χ3n) is 4.22. The van der Waals surface area contributed by atoms with Crippen LogP contribution in [0, 0.1) is 10.8 Å². The molecule has 0 saturated heterocycles. The molecule has 0 radical (unpaired) electrons. The zero-order valence-corrected chi connectivity index (χ0v) is 15.6. The van der Waals surface area contributed by atoms with Crippen LogP contribution in [0.4, 0.5) is 11.4 Å². The maximum atomic E-state index is 11.2. The first-order valence-electron chi connectivity index (χ1n) is 8.96. The fraction of sp³-hybridized carbons (Fsp3) is 0.250. The van der Waals surface area contributed by atoms with E-state index in [1.54, 1.807) is 23.1 Å². The Hall–Kier alpha value is -3.55. The predicted molar refractivity (Wildman–Crippen MR) is 112 cm³/mol. The van der Waals surface area contributed by atoms with E-state index >= 15 is 0 Å². The summed E-state index contributed by atoms with van der Waals surface area (Å²) in [5, 5.41) is 26.7. The fourth-order valence-electron chi connectivity index (χ4n) is 2.87. The number of rotatable bonds is 10. The second kappa shape index (κ2) is 9.96. The minimum Gasteiger partial charge on any atom is -0.480 e. The highest BCUT2D eigenvalue weighted by molar-refractivity contribution is 5.96. The van der Waals surface area contributed by atoms with Gasteiger partial charge in [0.25, 0.3) is 0 Å². The number of guanidine groups is 1. The number of benzene rings is 2. The Labute approximate surface area is 164 Å². The van der Waals surface area contributed by atoms with E-state index in [4.69, 9.17) is 22.3 Å². The molecule has 0 atom stereocenters. The second-order valence-corrected chi connectivity index (χ2v) is 6.47. The zero-order chi connectivity index (χ0) is 20.5. The number of nitrogens with one attached hydrogen (secondary N) is 3. The van der Waals surface area contributed by atoms with Crippen LogP contribution in [0.15, 0.2) is 48.5 Å². The van der Waals surface area contributed by atoms with Gasteiger partial charge in [0.1, 0.15) is 12.4 Å². The number of nitrogens with two attached hydrogens (primary N) is 2. The molecule has 8 nitrogen and oxygen atoms in total. The van der Waals surface area contributed by atoms with Crippen molar-refractivity contribution in [2.75, 3.05) is 23.3 Å². The Morgan fingerprint density at radius 2 is 1.79 bits per heavy atom. The molecular formula is C20H26N6O2. The predicted octanol–water partition coefficient (Wildman–Crippen LogP) is 2.19. The minimum atomic E-state index is -0.901. The van der Waals surface area contributed by atoms with Gasteiger partial charge in [0.05, 0.1) is 0 Å². The Kier molecular flexibility index (Phi) is 7.38. The Morgan fingerprint density at radius 1 is 1.07 bits per heavy atom. The summed E-state index contributed by atoms with van der Waals surface area (Å²) in [6.45, 7) is 0.490. The molecule has 0 heterocycles. The smallest absolute Gasteiger partial charge is 0.323 e. The number of hydrogen-bond acceptors (Lipinski definition) is 4. The van der Waals surface area contributed by atoms with Crippen molar-refractivity contribution in [3.63, 3.8) is 0 Å². The summed E-state index contributed by atoms with van der Waals surface area (Å²) in [4.78, 5) is 13.0. The first kappa shape index (κ1) is 20.8. The van der Waals surface area contributed by atoms with Crippen LogP contribution in [-0.4, -0.2) is 36.0 Å². The van der Waals surface area contributed by atoms with Crippen molar-refractivity contribution in [2.24, 2.45) is 11.5 Å². The molecule has 0 spiro atoms. The number of nitrogens with zero attached hydrogens (tertiary/aromatic N) is 1. The van der Waals surface area contributed by atoms with Crippen LogP contribution in [0.2, 0.25) is 0 Å². The molecule has 0 aromatic heterocycles. The lowest BCUT2D eigenvalue weighted by molar-refractivity contribution is -0.135. The number of amidine groups is 1. The molecule has 0 amide bonds. The van der Waals surface area contributed by atoms with Crippen LogP contribution in [0.3, 0.4) is 0 Å². The molecule has 0 bridgehead atoms. The van der Waals surface area contributed by atoms with E-state index in [1.165, 1.54) is 0 Å². The number of carboxylic acid groups (broad SMARTS) is 1. The van der Waals surface area contributed by atoms with Gasteiger partial charge in [-0.25, -0.2) is 0 Å². The summed E-state index contributed by atoms with van der Waals surface area (Å²) < 4.78 is 0. The average molecular weight is 382 g/mol. The first-order chi connectivity index (χ1) is 13.3. The van der Waals surface area contributed by atoms with Crippen LogP contribution < -0.4 is 21.7 Å². The summed E-state index contributed by atoms with van der Waals surface area (Å²) in [6, 6.07) is 14.8. The lowest BCUT2D eigenvalue weighted by atomic mass is 10.1. The van der Waals surface area contributed by atoms with Gasteiger partial charge in [0.15, 0.2) is 5.96 Å². The summed E-state index contributed by atoms with van der Waals surface area (Å²) in [6.07, 6.45) is 2.60. The standard InChI is InChI=1S/C20H26N6O2/c21-19(22)15-5-3-6-17(12-15)26(13-18(27)28)11-2-1-4-14-7-9-16(10-8-14)25-20(23)24/h3,5-10,12H,1-2,4,11,13H2,(H3,21,22)(H,27,28)(H4,23,24,25). The largest absolute Gasteiger partial charge is 0.480 e. The van der Waals surface area contributed by atoms with Gasteiger partial charge in [-0.1, -0.05) is 24.3 Å². The molecule has 2 rings (SSSR count). The van der Waals surface area contributed by atoms with Gasteiger partial charge in [-0.05, 0) is 49.1 Å². The van der Waals surface area contributed by atoms with E-state index in [9.17, 15) is 9.90 Å². The molecule has 8 N–H and O–H groups in total. The molecule has 148 valence electrons. The molecule has 0 aliphatic rings. The highest BCUT2D eigenvalue weighted by Crippen LogP contribution is 2.18. The summed E-state index contributed by atoms with van der Waals surface area (Å²) in [5.74, 6) is -1.04. The number of anilines is 2. The third kappa shape index (κ3) is 6.64. The number of unbranched alkanes of at least 4 members (excludes halogenated alkanes) is 1. The van der Waals surface area contributed by atoms with Crippen LogP contribution in [-0.2, 0) is 11.2 Å². The monoisotopic (exact) mass is 382 g/mol. The SMILES string of the molecule is N=C(N)Nc1ccc(CCCCN(CC(=O)O)c2cccc(C(=N)N)c2)cc1. The molecule has 2 aromatic rings. The molecular weight excluding hydrogens is 356 g/mol. The molecule has 0 saturated carbocycles. The van der Waals surface area contributed by atoms with Crippen molar-refractivity contribution in [2.45, 2.75) is 19.3 Å². The second-order valence-electron chi connectivity index (χ2n) is 6.47. The van der Waals surface area contributed by atoms with Gasteiger partial charge in [0.2, 0.25) is 0 Å². The van der Waals surface area contributed by atoms with Gasteiger partial charge in [-0.3, -0.25) is 15.6 Å².